The third-order valence-electron chi connectivity index (χ3n) is 1.79. The summed E-state index contributed by atoms with van der Waals surface area (Å²) in [4.78, 5) is 20.3. The molecule has 0 atom stereocenters. The zero-order valence-corrected chi connectivity index (χ0v) is 5.63. The molecule has 56 valence electrons. The van der Waals surface area contributed by atoms with Gasteiger partial charge in [-0.3, -0.25) is 4.79 Å². The molecule has 0 bridgehead atoms. The molecule has 10 heavy (non-hydrogen) atoms. The molecule has 0 amide bonds. The lowest BCUT2D eigenvalue weighted by atomic mass is 9.81. The van der Waals surface area contributed by atoms with Gasteiger partial charge in [-0.15, -0.1) is 0 Å². The number of Topliss-reactive ketones (excluding diaryl/α,β-unsaturated/α-hetero) is 1. The largest absolute Gasteiger partial charge is 0.550 e. The first-order valence-corrected chi connectivity index (χ1v) is 3.40. The molecular weight excluding hydrogens is 132 g/mol. The molecule has 1 saturated carbocycles. The second-order valence-corrected chi connectivity index (χ2v) is 2.72. The number of rotatable bonds is 3. The zero-order valence-electron chi connectivity index (χ0n) is 5.63. The van der Waals surface area contributed by atoms with Gasteiger partial charge >= 0.3 is 0 Å². The Morgan fingerprint density at radius 1 is 1.60 bits per heavy atom. The highest BCUT2D eigenvalue weighted by molar-refractivity contribution is 5.84. The van der Waals surface area contributed by atoms with Gasteiger partial charge in [0, 0.05) is 18.8 Å². The van der Waals surface area contributed by atoms with Crippen molar-refractivity contribution < 1.29 is 14.7 Å². The summed E-state index contributed by atoms with van der Waals surface area (Å²) in [5, 5.41) is 9.93. The Bertz CT molecular complexity index is 154. The molecule has 0 spiro atoms. The van der Waals surface area contributed by atoms with Gasteiger partial charge in [0.25, 0.3) is 0 Å². The van der Waals surface area contributed by atoms with Crippen LogP contribution >= 0.6 is 0 Å². The quantitative estimate of drug-likeness (QED) is 0.532. The van der Waals surface area contributed by atoms with E-state index in [1.807, 2.05) is 0 Å². The second kappa shape index (κ2) is 2.82. The van der Waals surface area contributed by atoms with Gasteiger partial charge in [-0.2, -0.15) is 0 Å². The number of carboxylic acid groups (broad SMARTS) is 1. The number of hydrogen-bond donors (Lipinski definition) is 0. The van der Waals surface area contributed by atoms with Gasteiger partial charge < -0.3 is 9.90 Å². The highest BCUT2D eigenvalue weighted by Gasteiger charge is 2.25. The minimum atomic E-state index is -1.01. The smallest absolute Gasteiger partial charge is 0.133 e. The number of carbonyl (C=O) groups is 2. The van der Waals surface area contributed by atoms with Crippen LogP contribution in [0.1, 0.15) is 25.7 Å². The van der Waals surface area contributed by atoms with E-state index in [9.17, 15) is 14.7 Å². The second-order valence-electron chi connectivity index (χ2n) is 2.72. The highest BCUT2D eigenvalue weighted by atomic mass is 16.4. The van der Waals surface area contributed by atoms with Crippen LogP contribution < -0.4 is 5.11 Å². The van der Waals surface area contributed by atoms with Crippen LogP contribution in [0.4, 0.5) is 0 Å². The summed E-state index contributed by atoms with van der Waals surface area (Å²) in [5.41, 5.74) is 0. The molecule has 0 unspecified atom stereocenters. The lowest BCUT2D eigenvalue weighted by Gasteiger charge is -2.23. The van der Waals surface area contributed by atoms with Crippen molar-refractivity contribution in [2.75, 3.05) is 0 Å². The van der Waals surface area contributed by atoms with Gasteiger partial charge in [0.2, 0.25) is 0 Å². The third kappa shape index (κ3) is 1.83. The molecule has 0 saturated heterocycles. The van der Waals surface area contributed by atoms with Crippen LogP contribution in [-0.2, 0) is 9.59 Å². The predicted octanol–water partition coefficient (Wildman–Crippen LogP) is -0.504. The van der Waals surface area contributed by atoms with E-state index in [1.54, 1.807) is 0 Å². The van der Waals surface area contributed by atoms with E-state index in [4.69, 9.17) is 0 Å². The van der Waals surface area contributed by atoms with Crippen LogP contribution in [0.2, 0.25) is 0 Å². The van der Waals surface area contributed by atoms with Crippen LogP contribution in [0.25, 0.3) is 0 Å². The maximum Gasteiger partial charge on any atom is 0.133 e. The van der Waals surface area contributed by atoms with E-state index in [0.29, 0.717) is 25.2 Å². The number of ketones is 1. The summed E-state index contributed by atoms with van der Waals surface area (Å²) in [5.74, 6) is -0.437. The van der Waals surface area contributed by atoms with Gasteiger partial charge in [-0.25, -0.2) is 0 Å². The van der Waals surface area contributed by atoms with Gasteiger partial charge in [0.15, 0.2) is 0 Å². The summed E-state index contributed by atoms with van der Waals surface area (Å²) in [6.07, 6.45) is 1.85. The number of aliphatic carboxylic acids is 1. The Morgan fingerprint density at radius 3 is 2.60 bits per heavy atom. The minimum absolute atomic E-state index is 0.0952. The number of carbonyl (C=O) groups excluding carboxylic acids is 2. The average Bonchev–Trinajstić information content (AvgIpc) is 1.77. The maximum atomic E-state index is 10.4. The van der Waals surface area contributed by atoms with Crippen molar-refractivity contribution in [2.45, 2.75) is 25.7 Å². The van der Waals surface area contributed by atoms with Crippen molar-refractivity contribution in [1.82, 2.24) is 0 Å². The first-order chi connectivity index (χ1) is 4.68. The molecule has 0 aliphatic heterocycles. The first kappa shape index (κ1) is 7.25. The molecule has 0 radical (unpaired) electrons. The normalized spacial score (nSPS) is 18.6. The summed E-state index contributed by atoms with van der Waals surface area (Å²) in [7, 11) is 0. The van der Waals surface area contributed by atoms with E-state index >= 15 is 0 Å². The fraction of sp³-hybridized carbons (Fsp3) is 0.714. The van der Waals surface area contributed by atoms with E-state index in [-0.39, 0.29) is 12.2 Å². The molecule has 0 aromatic rings. The number of hydrogen-bond acceptors (Lipinski definition) is 3. The third-order valence-corrected chi connectivity index (χ3v) is 1.79. The Kier molecular flexibility index (Phi) is 2.04. The Hall–Kier alpha value is -0.860. The van der Waals surface area contributed by atoms with Crippen LogP contribution in [0.15, 0.2) is 0 Å². The van der Waals surface area contributed by atoms with Crippen molar-refractivity contribution in [3.63, 3.8) is 0 Å². The molecule has 1 fully saturated rings. The van der Waals surface area contributed by atoms with Crippen molar-refractivity contribution in [1.29, 1.82) is 0 Å². The zero-order chi connectivity index (χ0) is 7.56. The van der Waals surface area contributed by atoms with Crippen LogP contribution in [0, 0.1) is 5.92 Å². The molecule has 1 aliphatic carbocycles. The SMILES string of the molecule is O=C([O-])CCC1CC(=O)C1. The summed E-state index contributed by atoms with van der Waals surface area (Å²) >= 11 is 0. The maximum absolute atomic E-state index is 10.4. The van der Waals surface area contributed by atoms with E-state index in [0.717, 1.165) is 0 Å². The van der Waals surface area contributed by atoms with E-state index in [2.05, 4.69) is 0 Å². The van der Waals surface area contributed by atoms with Crippen molar-refractivity contribution in [3.8, 4) is 0 Å². The molecular formula is C7H9O3-. The van der Waals surface area contributed by atoms with Gasteiger partial charge in [0.05, 0.1) is 0 Å². The minimum Gasteiger partial charge on any atom is -0.550 e. The summed E-state index contributed by atoms with van der Waals surface area (Å²) in [6, 6.07) is 0. The fourth-order valence-corrected chi connectivity index (χ4v) is 1.11. The molecule has 0 aromatic carbocycles. The highest BCUT2D eigenvalue weighted by Crippen LogP contribution is 2.26. The fourth-order valence-electron chi connectivity index (χ4n) is 1.11. The monoisotopic (exact) mass is 141 g/mol. The van der Waals surface area contributed by atoms with Crippen LogP contribution in [0.3, 0.4) is 0 Å². The molecule has 1 rings (SSSR count). The Labute approximate surface area is 59.0 Å². The van der Waals surface area contributed by atoms with Crippen LogP contribution in [0.5, 0.6) is 0 Å². The Balaban J connectivity index is 2.05. The molecule has 3 nitrogen and oxygen atoms in total. The predicted molar refractivity (Wildman–Crippen MR) is 32.0 cm³/mol. The molecule has 3 heteroatoms. The van der Waals surface area contributed by atoms with Gasteiger partial charge in [-0.05, 0) is 18.8 Å². The molecule has 1 aliphatic rings. The number of carboxylic acids is 1. The summed E-state index contributed by atoms with van der Waals surface area (Å²) in [6.45, 7) is 0. The molecule has 0 aromatic heterocycles. The molecule has 0 heterocycles. The average molecular weight is 141 g/mol. The lowest BCUT2D eigenvalue weighted by molar-refractivity contribution is -0.306. The standard InChI is InChI=1S/C7H10O3/c8-6-3-5(4-6)1-2-7(9)10/h5H,1-4H2,(H,9,10)/p-1. The topological polar surface area (TPSA) is 57.2 Å². The lowest BCUT2D eigenvalue weighted by Crippen LogP contribution is -2.27. The summed E-state index contributed by atoms with van der Waals surface area (Å²) < 4.78 is 0. The van der Waals surface area contributed by atoms with Crippen molar-refractivity contribution in [2.24, 2.45) is 5.92 Å². The van der Waals surface area contributed by atoms with E-state index in [1.165, 1.54) is 0 Å². The van der Waals surface area contributed by atoms with Crippen molar-refractivity contribution in [3.05, 3.63) is 0 Å². The first-order valence-electron chi connectivity index (χ1n) is 3.40. The van der Waals surface area contributed by atoms with Gasteiger partial charge in [-0.1, -0.05) is 0 Å². The van der Waals surface area contributed by atoms with Gasteiger partial charge in [0.1, 0.15) is 5.78 Å². The Morgan fingerprint density at radius 2 is 2.20 bits per heavy atom. The van der Waals surface area contributed by atoms with E-state index < -0.39 is 5.97 Å². The molecule has 0 N–H and O–H groups in total. The van der Waals surface area contributed by atoms with Crippen molar-refractivity contribution >= 4 is 11.8 Å². The van der Waals surface area contributed by atoms with Crippen LogP contribution in [-0.4, -0.2) is 11.8 Å².